The van der Waals surface area contributed by atoms with Crippen LogP contribution in [0.15, 0.2) is 44.7 Å². The first-order valence-electron chi connectivity index (χ1n) is 6.48. The molecule has 0 aromatic heterocycles. The number of piperazine rings is 1. The fraction of sp³-hybridized carbons (Fsp3) is 0.286. The summed E-state index contributed by atoms with van der Waals surface area (Å²) in [5.74, 6) is -0.825. The molecule has 1 N–H and O–H groups in total. The Balaban J connectivity index is 2.19. The van der Waals surface area contributed by atoms with Gasteiger partial charge in [0.15, 0.2) is 5.83 Å². The van der Waals surface area contributed by atoms with Crippen LogP contribution in [0.2, 0.25) is 0 Å². The maximum Gasteiger partial charge on any atom is 0.246 e. The van der Waals surface area contributed by atoms with Crippen molar-refractivity contribution in [2.45, 2.75) is 0 Å². The van der Waals surface area contributed by atoms with Crippen molar-refractivity contribution in [3.63, 3.8) is 0 Å². The molecular weight excluding hydrogens is 393 g/mol. The summed E-state index contributed by atoms with van der Waals surface area (Å²) in [5.41, 5.74) is 0.0726. The van der Waals surface area contributed by atoms with E-state index in [0.717, 1.165) is 0 Å². The Morgan fingerprint density at radius 3 is 2.50 bits per heavy atom. The second-order valence-electron chi connectivity index (χ2n) is 4.75. The number of hydrogen-bond acceptors (Lipinski definition) is 4. The minimum atomic E-state index is -0.713. The van der Waals surface area contributed by atoms with Crippen LogP contribution in [0.3, 0.4) is 0 Å². The fourth-order valence-electron chi connectivity index (χ4n) is 2.21. The Kier molecular flexibility index (Phi) is 5.52. The zero-order valence-electron chi connectivity index (χ0n) is 11.6. The Hall–Kier alpha value is -1.05. The third-order valence-corrected chi connectivity index (χ3v) is 5.29. The van der Waals surface area contributed by atoms with Crippen LogP contribution in [0.25, 0.3) is 0 Å². The summed E-state index contributed by atoms with van der Waals surface area (Å²) in [6, 6.07) is 0. The highest BCUT2D eigenvalue weighted by Gasteiger charge is 2.27. The molecule has 1 saturated heterocycles. The fourth-order valence-corrected chi connectivity index (χ4v) is 3.09. The standard InChI is InChI=1S/C14H14BrClFN3OS/c1-2-10(21)19-3-5-20(6-4-19)14(22)8-7-9(16)11(15)12(17)13(8)18/h2,7,18,22H,1,3-6H2/b14-8-,18-13?. The summed E-state index contributed by atoms with van der Waals surface area (Å²) in [6.45, 7) is 5.61. The number of carbonyl (C=O) groups excluding carboxylic acids is 1. The summed E-state index contributed by atoms with van der Waals surface area (Å²) in [5, 5.41) is 8.55. The molecule has 1 amide bonds. The zero-order chi connectivity index (χ0) is 16.4. The van der Waals surface area contributed by atoms with Crippen LogP contribution in [-0.4, -0.2) is 47.6 Å². The van der Waals surface area contributed by atoms with Crippen LogP contribution in [0.1, 0.15) is 0 Å². The van der Waals surface area contributed by atoms with Crippen LogP contribution < -0.4 is 0 Å². The molecule has 0 radical (unpaired) electrons. The van der Waals surface area contributed by atoms with E-state index in [1.165, 1.54) is 12.2 Å². The van der Waals surface area contributed by atoms with Crippen LogP contribution >= 0.6 is 40.2 Å². The molecule has 0 saturated carbocycles. The highest BCUT2D eigenvalue weighted by molar-refractivity contribution is 9.12. The van der Waals surface area contributed by atoms with E-state index in [9.17, 15) is 9.18 Å². The largest absolute Gasteiger partial charge is 0.362 e. The lowest BCUT2D eigenvalue weighted by molar-refractivity contribution is -0.127. The maximum absolute atomic E-state index is 13.9. The van der Waals surface area contributed by atoms with Crippen LogP contribution in [0.4, 0.5) is 4.39 Å². The number of hydrogen-bond donors (Lipinski definition) is 2. The molecule has 1 aliphatic heterocycles. The van der Waals surface area contributed by atoms with Gasteiger partial charge < -0.3 is 9.80 Å². The first-order valence-corrected chi connectivity index (χ1v) is 8.10. The third kappa shape index (κ3) is 3.31. The van der Waals surface area contributed by atoms with Crippen molar-refractivity contribution in [3.05, 3.63) is 44.7 Å². The van der Waals surface area contributed by atoms with Gasteiger partial charge in [0.25, 0.3) is 0 Å². The molecule has 0 aromatic carbocycles. The van der Waals surface area contributed by atoms with Crippen LogP contribution in [0, 0.1) is 5.41 Å². The summed E-state index contributed by atoms with van der Waals surface area (Å²) in [6.07, 6.45) is 2.80. The van der Waals surface area contributed by atoms with E-state index >= 15 is 0 Å². The number of carbonyl (C=O) groups is 1. The van der Waals surface area contributed by atoms with Gasteiger partial charge in [-0.1, -0.05) is 18.2 Å². The van der Waals surface area contributed by atoms with Gasteiger partial charge in [-0.25, -0.2) is 4.39 Å². The molecule has 8 heteroatoms. The average molecular weight is 407 g/mol. The lowest BCUT2D eigenvalue weighted by Gasteiger charge is -2.36. The van der Waals surface area contributed by atoms with Crippen LogP contribution in [0.5, 0.6) is 0 Å². The molecule has 1 heterocycles. The van der Waals surface area contributed by atoms with Gasteiger partial charge in [-0.15, -0.1) is 12.6 Å². The van der Waals surface area contributed by atoms with Gasteiger partial charge in [-0.05, 0) is 28.1 Å². The molecule has 0 spiro atoms. The summed E-state index contributed by atoms with van der Waals surface area (Å²) in [7, 11) is 0. The molecule has 2 aliphatic rings. The van der Waals surface area contributed by atoms with Crippen molar-refractivity contribution in [2.75, 3.05) is 26.2 Å². The summed E-state index contributed by atoms with van der Waals surface area (Å²) >= 11 is 13.4. The number of rotatable bonds is 2. The lowest BCUT2D eigenvalue weighted by Crippen LogP contribution is -2.47. The summed E-state index contributed by atoms with van der Waals surface area (Å²) in [4.78, 5) is 15.1. The van der Waals surface area contributed by atoms with Gasteiger partial charge in [0.05, 0.1) is 14.5 Å². The number of allylic oxidation sites excluding steroid dienone is 5. The zero-order valence-corrected chi connectivity index (χ0v) is 14.8. The van der Waals surface area contributed by atoms with Gasteiger partial charge in [-0.3, -0.25) is 10.2 Å². The van der Waals surface area contributed by atoms with E-state index in [4.69, 9.17) is 17.0 Å². The predicted octanol–water partition coefficient (Wildman–Crippen LogP) is 3.19. The number of halogens is 3. The SMILES string of the molecule is C=CC(=O)N1CCN(/C(S)=C2\C=C(Cl)C(Br)=C(F)C2=N)CC1. The summed E-state index contributed by atoms with van der Waals surface area (Å²) < 4.78 is 14.0. The average Bonchev–Trinajstić information content (AvgIpc) is 2.55. The quantitative estimate of drug-likeness (QED) is 0.546. The second kappa shape index (κ2) is 7.02. The molecule has 0 aromatic rings. The molecule has 0 atom stereocenters. The smallest absolute Gasteiger partial charge is 0.246 e. The maximum atomic E-state index is 13.9. The van der Waals surface area contributed by atoms with Gasteiger partial charge in [0.2, 0.25) is 5.91 Å². The molecule has 0 unspecified atom stereocenters. The van der Waals surface area contributed by atoms with Gasteiger partial charge in [0.1, 0.15) is 5.71 Å². The first-order chi connectivity index (χ1) is 10.4. The molecular formula is C14H14BrClFN3OS. The second-order valence-corrected chi connectivity index (χ2v) is 6.37. The topological polar surface area (TPSA) is 47.4 Å². The number of thiol groups is 1. The number of amides is 1. The van der Waals surface area contributed by atoms with Crippen molar-refractivity contribution in [2.24, 2.45) is 0 Å². The molecule has 1 aliphatic carbocycles. The molecule has 2 rings (SSSR count). The van der Waals surface area contributed by atoms with Gasteiger partial charge >= 0.3 is 0 Å². The van der Waals surface area contributed by atoms with E-state index in [1.807, 2.05) is 4.90 Å². The predicted molar refractivity (Wildman–Crippen MR) is 93.1 cm³/mol. The van der Waals surface area contributed by atoms with E-state index in [1.54, 1.807) is 4.90 Å². The van der Waals surface area contributed by atoms with Crippen LogP contribution in [-0.2, 0) is 4.79 Å². The highest BCUT2D eigenvalue weighted by Crippen LogP contribution is 2.35. The monoisotopic (exact) mass is 405 g/mol. The van der Waals surface area contributed by atoms with Gasteiger partial charge in [-0.2, -0.15) is 0 Å². The third-order valence-electron chi connectivity index (χ3n) is 3.47. The Bertz CT molecular complexity index is 636. The number of nitrogens with zero attached hydrogens (tertiary/aromatic N) is 2. The van der Waals surface area contributed by atoms with Crippen molar-refractivity contribution in [1.82, 2.24) is 9.80 Å². The first kappa shape index (κ1) is 17.3. The molecule has 118 valence electrons. The van der Waals surface area contributed by atoms with Crippen molar-refractivity contribution >= 4 is 51.8 Å². The minimum Gasteiger partial charge on any atom is -0.362 e. The van der Waals surface area contributed by atoms with Crippen molar-refractivity contribution in [1.29, 1.82) is 5.41 Å². The van der Waals surface area contributed by atoms with Crippen molar-refractivity contribution < 1.29 is 9.18 Å². The Morgan fingerprint density at radius 1 is 1.41 bits per heavy atom. The Morgan fingerprint density at radius 2 is 1.95 bits per heavy atom. The molecule has 4 nitrogen and oxygen atoms in total. The minimum absolute atomic E-state index is 0.0745. The van der Waals surface area contributed by atoms with Crippen molar-refractivity contribution in [3.8, 4) is 0 Å². The Labute approximate surface area is 147 Å². The normalized spacial score (nSPS) is 21.8. The number of nitrogens with one attached hydrogen (secondary N) is 1. The van der Waals surface area contributed by atoms with E-state index < -0.39 is 5.83 Å². The van der Waals surface area contributed by atoms with Gasteiger partial charge in [0, 0.05) is 31.8 Å². The molecule has 22 heavy (non-hydrogen) atoms. The molecule has 1 fully saturated rings. The molecule has 0 bridgehead atoms. The van der Waals surface area contributed by atoms with E-state index in [-0.39, 0.29) is 21.1 Å². The van der Waals surface area contributed by atoms with E-state index in [2.05, 4.69) is 35.1 Å². The van der Waals surface area contributed by atoms with E-state index in [0.29, 0.717) is 36.8 Å². The lowest BCUT2D eigenvalue weighted by atomic mass is 10.0. The highest BCUT2D eigenvalue weighted by atomic mass is 79.9.